The summed E-state index contributed by atoms with van der Waals surface area (Å²) in [7, 11) is 0. The summed E-state index contributed by atoms with van der Waals surface area (Å²) >= 11 is 0. The van der Waals surface area contributed by atoms with Crippen molar-refractivity contribution in [1.82, 2.24) is 0 Å². The maximum atomic E-state index is 12.5. The van der Waals surface area contributed by atoms with Crippen LogP contribution in [0.5, 0.6) is 0 Å². The van der Waals surface area contributed by atoms with Crippen LogP contribution in [0.1, 0.15) is 12.8 Å². The van der Waals surface area contributed by atoms with Crippen LogP contribution < -0.4 is 5.32 Å². The predicted molar refractivity (Wildman–Crippen MR) is 74.8 cm³/mol. The first-order valence-electron chi connectivity index (χ1n) is 7.30. The van der Waals surface area contributed by atoms with Crippen molar-refractivity contribution in [2.24, 2.45) is 23.7 Å². The lowest BCUT2D eigenvalue weighted by Crippen LogP contribution is -2.35. The highest BCUT2D eigenvalue weighted by atomic mass is 16.6. The van der Waals surface area contributed by atoms with Gasteiger partial charge in [-0.1, -0.05) is 0 Å². The van der Waals surface area contributed by atoms with Gasteiger partial charge in [0.2, 0.25) is 5.91 Å². The number of esters is 1. The number of benzene rings is 1. The lowest BCUT2D eigenvalue weighted by Gasteiger charge is -2.23. The van der Waals surface area contributed by atoms with Crippen molar-refractivity contribution < 1.29 is 19.2 Å². The molecule has 2 bridgehead atoms. The van der Waals surface area contributed by atoms with Crippen LogP contribution in [0.2, 0.25) is 0 Å². The average molecular weight is 302 g/mol. The molecule has 0 radical (unpaired) electrons. The van der Waals surface area contributed by atoms with Gasteiger partial charge >= 0.3 is 5.97 Å². The second-order valence-electron chi connectivity index (χ2n) is 6.22. The molecule has 3 fully saturated rings. The highest BCUT2D eigenvalue weighted by molar-refractivity contribution is 5.97. The van der Waals surface area contributed by atoms with Crippen LogP contribution in [-0.2, 0) is 14.3 Å². The number of ether oxygens (including phenoxy) is 1. The molecule has 2 aliphatic carbocycles. The second kappa shape index (κ2) is 4.53. The van der Waals surface area contributed by atoms with Crippen molar-refractivity contribution >= 4 is 23.3 Å². The van der Waals surface area contributed by atoms with E-state index in [-0.39, 0.29) is 47.3 Å². The fourth-order valence-electron chi connectivity index (χ4n) is 4.26. The Balaban J connectivity index is 1.51. The van der Waals surface area contributed by atoms with Gasteiger partial charge in [0.15, 0.2) is 0 Å². The third kappa shape index (κ3) is 1.81. The van der Waals surface area contributed by atoms with Gasteiger partial charge < -0.3 is 10.1 Å². The van der Waals surface area contributed by atoms with Crippen LogP contribution in [0.15, 0.2) is 24.3 Å². The Bertz CT molecular complexity index is 669. The van der Waals surface area contributed by atoms with Gasteiger partial charge in [-0.15, -0.1) is 0 Å². The minimum atomic E-state index is -0.490. The average Bonchev–Trinajstić information content (AvgIpc) is 3.09. The zero-order chi connectivity index (χ0) is 15.4. The first-order valence-corrected chi connectivity index (χ1v) is 7.30. The lowest BCUT2D eigenvalue weighted by molar-refractivity contribution is -0.384. The molecule has 0 spiro atoms. The van der Waals surface area contributed by atoms with E-state index in [2.05, 4.69) is 5.32 Å². The molecule has 1 heterocycles. The van der Waals surface area contributed by atoms with E-state index >= 15 is 0 Å². The van der Waals surface area contributed by atoms with Gasteiger partial charge in [0.25, 0.3) is 5.69 Å². The molecule has 1 aliphatic heterocycles. The summed E-state index contributed by atoms with van der Waals surface area (Å²) in [6, 6.07) is 5.69. The molecule has 1 aromatic rings. The Morgan fingerprint density at radius 2 is 2.00 bits per heavy atom. The molecule has 7 heteroatoms. The van der Waals surface area contributed by atoms with Gasteiger partial charge in [-0.2, -0.15) is 0 Å². The number of nitrogens with zero attached hydrogens (tertiary/aromatic N) is 1. The van der Waals surface area contributed by atoms with Crippen LogP contribution in [-0.4, -0.2) is 22.9 Å². The molecule has 2 saturated carbocycles. The van der Waals surface area contributed by atoms with E-state index in [9.17, 15) is 19.7 Å². The van der Waals surface area contributed by atoms with Crippen molar-refractivity contribution in [3.63, 3.8) is 0 Å². The maximum absolute atomic E-state index is 12.5. The van der Waals surface area contributed by atoms with E-state index < -0.39 is 4.92 Å². The molecule has 1 amide bonds. The third-order valence-corrected chi connectivity index (χ3v) is 5.13. The van der Waals surface area contributed by atoms with Crippen LogP contribution in [0, 0.1) is 33.8 Å². The Kier molecular flexibility index (Phi) is 2.72. The zero-order valence-corrected chi connectivity index (χ0v) is 11.6. The van der Waals surface area contributed by atoms with Crippen LogP contribution >= 0.6 is 0 Å². The number of fused-ring (bicyclic) bond motifs is 1. The van der Waals surface area contributed by atoms with E-state index in [0.717, 1.165) is 12.8 Å². The fraction of sp³-hybridized carbons (Fsp3) is 0.467. The molecular formula is C15H14N2O5. The molecule has 3 aliphatic rings. The summed E-state index contributed by atoms with van der Waals surface area (Å²) in [6.07, 6.45) is 1.65. The number of nitro groups is 1. The number of carbonyl (C=O) groups is 2. The number of rotatable bonds is 3. The number of anilines is 1. The highest BCUT2D eigenvalue weighted by Gasteiger charge is 2.63. The van der Waals surface area contributed by atoms with Crippen molar-refractivity contribution in [2.45, 2.75) is 18.9 Å². The first-order chi connectivity index (χ1) is 10.5. The van der Waals surface area contributed by atoms with Crippen molar-refractivity contribution in [1.29, 1.82) is 0 Å². The largest absolute Gasteiger partial charge is 0.462 e. The molecule has 4 rings (SSSR count). The SMILES string of the molecule is O=C(Nc1ccc([N+](=O)[O-])cc1)[C@@H]1[C@H]2C[C@H]3[C@H]1C(=O)O[C@H]3C2. The molecule has 22 heavy (non-hydrogen) atoms. The van der Waals surface area contributed by atoms with Gasteiger partial charge in [-0.3, -0.25) is 19.7 Å². The molecule has 1 N–H and O–H groups in total. The van der Waals surface area contributed by atoms with Gasteiger partial charge in [0.1, 0.15) is 6.10 Å². The molecule has 5 atom stereocenters. The summed E-state index contributed by atoms with van der Waals surface area (Å²) in [5, 5.41) is 13.4. The minimum absolute atomic E-state index is 0.00549. The molecule has 1 aromatic carbocycles. The van der Waals surface area contributed by atoms with Crippen LogP contribution in [0.3, 0.4) is 0 Å². The maximum Gasteiger partial charge on any atom is 0.310 e. The van der Waals surface area contributed by atoms with E-state index in [0.29, 0.717) is 5.69 Å². The summed E-state index contributed by atoms with van der Waals surface area (Å²) in [5.74, 6) is -0.717. The molecule has 114 valence electrons. The highest BCUT2D eigenvalue weighted by Crippen LogP contribution is 2.57. The number of non-ortho nitro benzene ring substituents is 1. The lowest BCUT2D eigenvalue weighted by atomic mass is 9.79. The standard InChI is InChI=1S/C15H14N2O5/c18-14(16-8-1-3-9(4-2-8)17(20)21)12-7-5-10-11(6-7)22-15(19)13(10)12/h1-4,7,10-13H,5-6H2,(H,16,18)/t7-,10+,11-,12+,13+/m0/s1. The summed E-state index contributed by atoms with van der Waals surface area (Å²) in [4.78, 5) is 34.5. The van der Waals surface area contributed by atoms with Gasteiger partial charge in [0.05, 0.1) is 16.8 Å². The fourth-order valence-corrected chi connectivity index (χ4v) is 4.26. The number of hydrogen-bond acceptors (Lipinski definition) is 5. The summed E-state index contributed by atoms with van der Waals surface area (Å²) < 4.78 is 5.32. The van der Waals surface area contributed by atoms with Gasteiger partial charge in [-0.25, -0.2) is 0 Å². The molecule has 7 nitrogen and oxygen atoms in total. The number of nitrogens with one attached hydrogen (secondary N) is 1. The minimum Gasteiger partial charge on any atom is -0.462 e. The van der Waals surface area contributed by atoms with E-state index in [4.69, 9.17) is 4.74 Å². The van der Waals surface area contributed by atoms with E-state index in [1.807, 2.05) is 0 Å². The van der Waals surface area contributed by atoms with Gasteiger partial charge in [0, 0.05) is 23.7 Å². The van der Waals surface area contributed by atoms with E-state index in [1.54, 1.807) is 0 Å². The molecule has 0 aromatic heterocycles. The number of amides is 1. The van der Waals surface area contributed by atoms with Crippen molar-refractivity contribution in [3.05, 3.63) is 34.4 Å². The topological polar surface area (TPSA) is 98.5 Å². The molecule has 0 unspecified atom stereocenters. The number of carbonyl (C=O) groups excluding carboxylic acids is 2. The van der Waals surface area contributed by atoms with Gasteiger partial charge in [-0.05, 0) is 30.9 Å². The Morgan fingerprint density at radius 1 is 1.27 bits per heavy atom. The van der Waals surface area contributed by atoms with Crippen molar-refractivity contribution in [3.8, 4) is 0 Å². The zero-order valence-electron chi connectivity index (χ0n) is 11.6. The normalized spacial score (nSPS) is 34.5. The predicted octanol–water partition coefficient (Wildman–Crippen LogP) is 1.73. The Morgan fingerprint density at radius 3 is 2.68 bits per heavy atom. The third-order valence-electron chi connectivity index (χ3n) is 5.13. The second-order valence-corrected chi connectivity index (χ2v) is 6.22. The smallest absolute Gasteiger partial charge is 0.310 e. The number of nitro benzene ring substituents is 1. The Hall–Kier alpha value is -2.44. The van der Waals surface area contributed by atoms with Crippen LogP contribution in [0.25, 0.3) is 0 Å². The summed E-state index contributed by atoms with van der Waals surface area (Å²) in [6.45, 7) is 0. The van der Waals surface area contributed by atoms with Crippen LogP contribution in [0.4, 0.5) is 11.4 Å². The van der Waals surface area contributed by atoms with E-state index in [1.165, 1.54) is 24.3 Å². The van der Waals surface area contributed by atoms with Crippen molar-refractivity contribution in [2.75, 3.05) is 5.32 Å². The monoisotopic (exact) mass is 302 g/mol. The summed E-state index contributed by atoms with van der Waals surface area (Å²) in [5.41, 5.74) is 0.474. The molecular weight excluding hydrogens is 288 g/mol. The first kappa shape index (κ1) is 13.2. The number of hydrogen-bond donors (Lipinski definition) is 1. The quantitative estimate of drug-likeness (QED) is 0.521. The molecule has 1 saturated heterocycles. The Labute approximate surface area is 125 Å².